The SMILES string of the molecule is CC(C)CONCc1cccc(C(N)=O)c1. The van der Waals surface area contributed by atoms with Crippen molar-refractivity contribution in [3.63, 3.8) is 0 Å². The molecule has 0 aliphatic heterocycles. The predicted octanol–water partition coefficient (Wildman–Crippen LogP) is 1.46. The van der Waals surface area contributed by atoms with Crippen molar-refractivity contribution in [3.05, 3.63) is 35.4 Å². The second kappa shape index (κ2) is 6.25. The van der Waals surface area contributed by atoms with Crippen LogP contribution in [0.2, 0.25) is 0 Å². The van der Waals surface area contributed by atoms with E-state index in [0.29, 0.717) is 24.6 Å². The summed E-state index contributed by atoms with van der Waals surface area (Å²) in [6.45, 7) is 5.38. The molecule has 0 aliphatic rings. The Morgan fingerprint density at radius 1 is 1.50 bits per heavy atom. The molecule has 0 radical (unpaired) electrons. The molecular weight excluding hydrogens is 204 g/mol. The molecule has 0 bridgehead atoms. The number of amides is 1. The molecule has 1 aromatic rings. The van der Waals surface area contributed by atoms with E-state index in [1.165, 1.54) is 0 Å². The molecule has 0 heterocycles. The molecule has 4 nitrogen and oxygen atoms in total. The average molecular weight is 222 g/mol. The Hall–Kier alpha value is -1.39. The molecule has 0 aliphatic carbocycles. The van der Waals surface area contributed by atoms with Crippen LogP contribution in [0.25, 0.3) is 0 Å². The lowest BCUT2D eigenvalue weighted by Gasteiger charge is -2.08. The molecule has 0 atom stereocenters. The second-order valence-corrected chi connectivity index (χ2v) is 4.09. The van der Waals surface area contributed by atoms with Gasteiger partial charge in [0.15, 0.2) is 0 Å². The zero-order chi connectivity index (χ0) is 12.0. The normalized spacial score (nSPS) is 10.7. The Balaban J connectivity index is 2.42. The number of benzene rings is 1. The molecule has 16 heavy (non-hydrogen) atoms. The van der Waals surface area contributed by atoms with Gasteiger partial charge >= 0.3 is 0 Å². The van der Waals surface area contributed by atoms with Crippen LogP contribution in [0.4, 0.5) is 0 Å². The molecular formula is C12H18N2O2. The number of carbonyl (C=O) groups is 1. The minimum absolute atomic E-state index is 0.412. The molecule has 0 aromatic heterocycles. The van der Waals surface area contributed by atoms with Crippen molar-refractivity contribution in [1.82, 2.24) is 5.48 Å². The molecule has 1 aromatic carbocycles. The Kier molecular flexibility index (Phi) is 4.95. The fourth-order valence-corrected chi connectivity index (χ4v) is 1.19. The summed E-state index contributed by atoms with van der Waals surface area (Å²) in [6.07, 6.45) is 0. The molecule has 88 valence electrons. The van der Waals surface area contributed by atoms with E-state index in [2.05, 4.69) is 19.3 Å². The molecule has 0 fully saturated rings. The molecule has 1 rings (SSSR count). The minimum Gasteiger partial charge on any atom is -0.366 e. The van der Waals surface area contributed by atoms with Crippen LogP contribution < -0.4 is 11.2 Å². The number of carbonyl (C=O) groups excluding carboxylic acids is 1. The smallest absolute Gasteiger partial charge is 0.248 e. The zero-order valence-electron chi connectivity index (χ0n) is 9.69. The van der Waals surface area contributed by atoms with Crippen LogP contribution in [0.1, 0.15) is 29.8 Å². The van der Waals surface area contributed by atoms with Crippen molar-refractivity contribution < 1.29 is 9.63 Å². The summed E-state index contributed by atoms with van der Waals surface area (Å²) in [5.41, 5.74) is 9.52. The molecule has 1 amide bonds. The number of hydroxylamine groups is 1. The summed E-state index contributed by atoms with van der Waals surface area (Å²) in [5, 5.41) is 0. The number of hydrogen-bond donors (Lipinski definition) is 2. The maximum atomic E-state index is 10.9. The highest BCUT2D eigenvalue weighted by Crippen LogP contribution is 2.04. The third-order valence-corrected chi connectivity index (χ3v) is 2.01. The van der Waals surface area contributed by atoms with Gasteiger partial charge in [-0.25, -0.2) is 0 Å². The largest absolute Gasteiger partial charge is 0.366 e. The predicted molar refractivity (Wildman–Crippen MR) is 62.6 cm³/mol. The highest BCUT2D eigenvalue weighted by atomic mass is 16.6. The summed E-state index contributed by atoms with van der Waals surface area (Å²) in [7, 11) is 0. The Morgan fingerprint density at radius 2 is 2.25 bits per heavy atom. The number of primary amides is 1. The standard InChI is InChI=1S/C12H18N2O2/c1-9(2)8-16-14-7-10-4-3-5-11(6-10)12(13)15/h3-6,9,14H,7-8H2,1-2H3,(H2,13,15). The lowest BCUT2D eigenvalue weighted by molar-refractivity contribution is 0.0196. The Morgan fingerprint density at radius 3 is 2.88 bits per heavy atom. The molecule has 0 saturated carbocycles. The van der Waals surface area contributed by atoms with Gasteiger partial charge in [0.25, 0.3) is 0 Å². The van der Waals surface area contributed by atoms with E-state index in [1.807, 2.05) is 6.07 Å². The van der Waals surface area contributed by atoms with Gasteiger partial charge in [-0.2, -0.15) is 5.48 Å². The van der Waals surface area contributed by atoms with Crippen LogP contribution >= 0.6 is 0 Å². The van der Waals surface area contributed by atoms with E-state index >= 15 is 0 Å². The van der Waals surface area contributed by atoms with Crippen LogP contribution in [0.5, 0.6) is 0 Å². The van der Waals surface area contributed by atoms with Gasteiger partial charge in [0.1, 0.15) is 0 Å². The van der Waals surface area contributed by atoms with E-state index < -0.39 is 5.91 Å². The van der Waals surface area contributed by atoms with Gasteiger partial charge in [0.05, 0.1) is 6.61 Å². The molecule has 3 N–H and O–H groups in total. The second-order valence-electron chi connectivity index (χ2n) is 4.09. The van der Waals surface area contributed by atoms with Gasteiger partial charge in [-0.15, -0.1) is 0 Å². The quantitative estimate of drug-likeness (QED) is 0.565. The van der Waals surface area contributed by atoms with Crippen molar-refractivity contribution in [2.45, 2.75) is 20.4 Å². The number of nitrogens with one attached hydrogen (secondary N) is 1. The van der Waals surface area contributed by atoms with Crippen LogP contribution in [-0.4, -0.2) is 12.5 Å². The molecule has 0 saturated heterocycles. The molecule has 0 unspecified atom stereocenters. The van der Waals surface area contributed by atoms with Gasteiger partial charge in [-0.1, -0.05) is 26.0 Å². The van der Waals surface area contributed by atoms with Crippen molar-refractivity contribution in [2.75, 3.05) is 6.61 Å². The lowest BCUT2D eigenvalue weighted by Crippen LogP contribution is -2.18. The van der Waals surface area contributed by atoms with Crippen molar-refractivity contribution in [1.29, 1.82) is 0 Å². The highest BCUT2D eigenvalue weighted by Gasteiger charge is 2.01. The van der Waals surface area contributed by atoms with Crippen LogP contribution in [-0.2, 0) is 11.4 Å². The van der Waals surface area contributed by atoms with Gasteiger partial charge < -0.3 is 10.6 Å². The number of nitrogens with two attached hydrogens (primary N) is 1. The summed E-state index contributed by atoms with van der Waals surface area (Å²) < 4.78 is 0. The van der Waals surface area contributed by atoms with Crippen LogP contribution in [0.15, 0.2) is 24.3 Å². The summed E-state index contributed by atoms with van der Waals surface area (Å²) in [4.78, 5) is 16.2. The van der Waals surface area contributed by atoms with Gasteiger partial charge in [0.2, 0.25) is 5.91 Å². The molecule has 0 spiro atoms. The first-order valence-electron chi connectivity index (χ1n) is 5.33. The van der Waals surface area contributed by atoms with E-state index in [0.717, 1.165) is 5.56 Å². The van der Waals surface area contributed by atoms with Gasteiger partial charge in [-0.05, 0) is 23.6 Å². The van der Waals surface area contributed by atoms with E-state index in [4.69, 9.17) is 10.6 Å². The first-order valence-corrected chi connectivity index (χ1v) is 5.33. The van der Waals surface area contributed by atoms with Crippen LogP contribution in [0.3, 0.4) is 0 Å². The number of rotatable bonds is 6. The summed E-state index contributed by atoms with van der Waals surface area (Å²) in [6, 6.07) is 7.17. The average Bonchev–Trinajstić information content (AvgIpc) is 2.24. The summed E-state index contributed by atoms with van der Waals surface area (Å²) in [5.74, 6) is 0.0782. The van der Waals surface area contributed by atoms with Gasteiger partial charge in [0, 0.05) is 12.1 Å². The third-order valence-electron chi connectivity index (χ3n) is 2.01. The van der Waals surface area contributed by atoms with E-state index in [-0.39, 0.29) is 0 Å². The van der Waals surface area contributed by atoms with E-state index in [9.17, 15) is 4.79 Å². The minimum atomic E-state index is -0.412. The maximum Gasteiger partial charge on any atom is 0.248 e. The fraction of sp³-hybridized carbons (Fsp3) is 0.417. The van der Waals surface area contributed by atoms with Crippen molar-refractivity contribution in [3.8, 4) is 0 Å². The summed E-state index contributed by atoms with van der Waals surface area (Å²) >= 11 is 0. The Labute approximate surface area is 95.7 Å². The van der Waals surface area contributed by atoms with Crippen molar-refractivity contribution in [2.24, 2.45) is 11.7 Å². The Bertz CT molecular complexity index is 351. The van der Waals surface area contributed by atoms with Crippen LogP contribution in [0, 0.1) is 5.92 Å². The van der Waals surface area contributed by atoms with Crippen molar-refractivity contribution >= 4 is 5.91 Å². The lowest BCUT2D eigenvalue weighted by atomic mass is 10.1. The highest BCUT2D eigenvalue weighted by molar-refractivity contribution is 5.92. The van der Waals surface area contributed by atoms with E-state index in [1.54, 1.807) is 18.2 Å². The number of hydrogen-bond acceptors (Lipinski definition) is 3. The first-order chi connectivity index (χ1) is 7.59. The zero-order valence-corrected chi connectivity index (χ0v) is 9.69. The molecule has 4 heteroatoms. The third kappa shape index (κ3) is 4.42. The monoisotopic (exact) mass is 222 g/mol. The maximum absolute atomic E-state index is 10.9. The topological polar surface area (TPSA) is 64.3 Å². The van der Waals surface area contributed by atoms with Gasteiger partial charge in [-0.3, -0.25) is 4.79 Å². The first kappa shape index (κ1) is 12.7. The fourth-order valence-electron chi connectivity index (χ4n) is 1.19.